The van der Waals surface area contributed by atoms with Gasteiger partial charge in [0.1, 0.15) is 18.1 Å². The van der Waals surface area contributed by atoms with Gasteiger partial charge in [0.15, 0.2) is 0 Å². The molecule has 0 fully saturated rings. The Balaban J connectivity index is 1.66. The molecule has 0 atom stereocenters. The molecule has 2 rings (SSSR count). The van der Waals surface area contributed by atoms with E-state index in [9.17, 15) is 5.11 Å². The average Bonchev–Trinajstić information content (AvgIpc) is 2.42. The van der Waals surface area contributed by atoms with Crippen molar-refractivity contribution in [2.75, 3.05) is 13.2 Å². The zero-order chi connectivity index (χ0) is 12.6. The third-order valence-corrected chi connectivity index (χ3v) is 2.60. The maximum Gasteiger partial charge on any atom is 0.120 e. The lowest BCUT2D eigenvalue weighted by molar-refractivity contribution is 0.313. The Labute approximate surface area is 107 Å². The first-order valence-corrected chi connectivity index (χ1v) is 6.02. The monoisotopic (exact) mass is 243 g/mol. The van der Waals surface area contributed by atoms with Crippen LogP contribution in [-0.2, 0) is 6.54 Å². The summed E-state index contributed by atoms with van der Waals surface area (Å²) in [5, 5.41) is 12.8. The highest BCUT2D eigenvalue weighted by atomic mass is 16.5. The van der Waals surface area contributed by atoms with Gasteiger partial charge < -0.3 is 15.2 Å². The van der Waals surface area contributed by atoms with Gasteiger partial charge in [0.2, 0.25) is 0 Å². The van der Waals surface area contributed by atoms with E-state index in [1.807, 2.05) is 48.5 Å². The third-order valence-electron chi connectivity index (χ3n) is 2.60. The van der Waals surface area contributed by atoms with Gasteiger partial charge in [0.05, 0.1) is 0 Å². The molecule has 18 heavy (non-hydrogen) atoms. The lowest BCUT2D eigenvalue weighted by Gasteiger charge is -2.08. The molecule has 0 aliphatic carbocycles. The van der Waals surface area contributed by atoms with E-state index in [0.29, 0.717) is 18.9 Å². The van der Waals surface area contributed by atoms with Gasteiger partial charge in [-0.05, 0) is 18.2 Å². The molecule has 0 aromatic heterocycles. The molecule has 0 bridgehead atoms. The van der Waals surface area contributed by atoms with Crippen molar-refractivity contribution >= 4 is 0 Å². The molecule has 0 unspecified atom stereocenters. The predicted molar refractivity (Wildman–Crippen MR) is 71.8 cm³/mol. The van der Waals surface area contributed by atoms with E-state index in [2.05, 4.69) is 5.32 Å². The number of rotatable bonds is 6. The number of hydrogen-bond acceptors (Lipinski definition) is 3. The van der Waals surface area contributed by atoms with Gasteiger partial charge in [-0.25, -0.2) is 0 Å². The maximum absolute atomic E-state index is 9.57. The normalized spacial score (nSPS) is 10.2. The largest absolute Gasteiger partial charge is 0.508 e. The number of phenolic OH excluding ortho intramolecular Hbond substituents is 1. The fourth-order valence-electron chi connectivity index (χ4n) is 1.64. The van der Waals surface area contributed by atoms with Crippen LogP contribution in [0.5, 0.6) is 11.5 Å². The Morgan fingerprint density at radius 2 is 1.67 bits per heavy atom. The molecule has 2 aromatic rings. The van der Waals surface area contributed by atoms with E-state index in [1.165, 1.54) is 0 Å². The van der Waals surface area contributed by atoms with Crippen molar-refractivity contribution < 1.29 is 9.84 Å². The standard InChI is InChI=1S/C15H17NO2/c17-15-9-5-4-6-13(15)12-16-10-11-18-14-7-2-1-3-8-14/h1-9,16-17H,10-12H2. The van der Waals surface area contributed by atoms with Crippen molar-refractivity contribution in [3.05, 3.63) is 60.2 Å². The van der Waals surface area contributed by atoms with E-state index in [4.69, 9.17) is 4.74 Å². The second-order valence-electron chi connectivity index (χ2n) is 3.97. The van der Waals surface area contributed by atoms with E-state index in [0.717, 1.165) is 17.9 Å². The van der Waals surface area contributed by atoms with Crippen molar-refractivity contribution in [3.63, 3.8) is 0 Å². The lowest BCUT2D eigenvalue weighted by atomic mass is 10.2. The highest BCUT2D eigenvalue weighted by Crippen LogP contribution is 2.14. The summed E-state index contributed by atoms with van der Waals surface area (Å²) in [6.45, 7) is 1.99. The minimum absolute atomic E-state index is 0.328. The quantitative estimate of drug-likeness (QED) is 0.766. The van der Waals surface area contributed by atoms with Gasteiger partial charge in [-0.15, -0.1) is 0 Å². The molecule has 3 nitrogen and oxygen atoms in total. The first-order valence-electron chi connectivity index (χ1n) is 6.02. The predicted octanol–water partition coefficient (Wildman–Crippen LogP) is 2.56. The van der Waals surface area contributed by atoms with Crippen LogP contribution < -0.4 is 10.1 Å². The summed E-state index contributed by atoms with van der Waals surface area (Å²) in [4.78, 5) is 0. The Morgan fingerprint density at radius 3 is 2.44 bits per heavy atom. The summed E-state index contributed by atoms with van der Waals surface area (Å²) in [7, 11) is 0. The van der Waals surface area contributed by atoms with Crippen molar-refractivity contribution in [3.8, 4) is 11.5 Å². The molecule has 94 valence electrons. The van der Waals surface area contributed by atoms with Crippen LogP contribution in [0.4, 0.5) is 0 Å². The zero-order valence-corrected chi connectivity index (χ0v) is 10.2. The van der Waals surface area contributed by atoms with Crippen LogP contribution in [0.25, 0.3) is 0 Å². The average molecular weight is 243 g/mol. The maximum atomic E-state index is 9.57. The molecule has 0 aliphatic heterocycles. The van der Waals surface area contributed by atoms with Crippen LogP contribution in [0.3, 0.4) is 0 Å². The van der Waals surface area contributed by atoms with Crippen LogP contribution >= 0.6 is 0 Å². The van der Waals surface area contributed by atoms with Gasteiger partial charge >= 0.3 is 0 Å². The summed E-state index contributed by atoms with van der Waals surface area (Å²) in [5.74, 6) is 1.20. The summed E-state index contributed by atoms with van der Waals surface area (Å²) in [6.07, 6.45) is 0. The molecule has 0 amide bonds. The second kappa shape index (κ2) is 6.67. The van der Waals surface area contributed by atoms with Gasteiger partial charge in [-0.3, -0.25) is 0 Å². The molecular weight excluding hydrogens is 226 g/mol. The van der Waals surface area contributed by atoms with E-state index in [1.54, 1.807) is 6.07 Å². The second-order valence-corrected chi connectivity index (χ2v) is 3.97. The topological polar surface area (TPSA) is 41.5 Å². The minimum atomic E-state index is 0.328. The number of nitrogens with one attached hydrogen (secondary N) is 1. The highest BCUT2D eigenvalue weighted by Gasteiger charge is 1.98. The SMILES string of the molecule is Oc1ccccc1CNCCOc1ccccc1. The van der Waals surface area contributed by atoms with Crippen molar-refractivity contribution in [1.82, 2.24) is 5.32 Å². The first kappa shape index (κ1) is 12.5. The molecule has 0 radical (unpaired) electrons. The fourth-order valence-corrected chi connectivity index (χ4v) is 1.64. The van der Waals surface area contributed by atoms with Crippen LogP contribution in [0.2, 0.25) is 0 Å². The van der Waals surface area contributed by atoms with Crippen LogP contribution in [-0.4, -0.2) is 18.3 Å². The molecule has 0 saturated carbocycles. The van der Waals surface area contributed by atoms with Gasteiger partial charge in [-0.1, -0.05) is 36.4 Å². The molecule has 3 heteroatoms. The molecular formula is C15H17NO2. The third kappa shape index (κ3) is 3.79. The number of benzene rings is 2. The highest BCUT2D eigenvalue weighted by molar-refractivity contribution is 5.31. The number of aromatic hydroxyl groups is 1. The Bertz CT molecular complexity index is 471. The van der Waals surface area contributed by atoms with Crippen molar-refractivity contribution in [1.29, 1.82) is 0 Å². The van der Waals surface area contributed by atoms with E-state index >= 15 is 0 Å². The van der Waals surface area contributed by atoms with Gasteiger partial charge in [0, 0.05) is 18.7 Å². The summed E-state index contributed by atoms with van der Waals surface area (Å²) < 4.78 is 5.55. The molecule has 2 N–H and O–H groups in total. The Morgan fingerprint density at radius 1 is 0.944 bits per heavy atom. The van der Waals surface area contributed by atoms with Gasteiger partial charge in [0.25, 0.3) is 0 Å². The molecule has 2 aromatic carbocycles. The molecule has 0 spiro atoms. The van der Waals surface area contributed by atoms with Crippen LogP contribution in [0.15, 0.2) is 54.6 Å². The van der Waals surface area contributed by atoms with E-state index in [-0.39, 0.29) is 0 Å². The fraction of sp³-hybridized carbons (Fsp3) is 0.200. The number of ether oxygens (including phenoxy) is 1. The lowest BCUT2D eigenvalue weighted by Crippen LogP contribution is -2.20. The summed E-state index contributed by atoms with van der Waals surface area (Å²) >= 11 is 0. The van der Waals surface area contributed by atoms with E-state index < -0.39 is 0 Å². The number of hydrogen-bond donors (Lipinski definition) is 2. The van der Waals surface area contributed by atoms with Crippen LogP contribution in [0.1, 0.15) is 5.56 Å². The van der Waals surface area contributed by atoms with Crippen molar-refractivity contribution in [2.45, 2.75) is 6.54 Å². The number of phenols is 1. The molecule has 0 saturated heterocycles. The van der Waals surface area contributed by atoms with Crippen molar-refractivity contribution in [2.24, 2.45) is 0 Å². The van der Waals surface area contributed by atoms with Crippen LogP contribution in [0, 0.1) is 0 Å². The Kier molecular flexibility index (Phi) is 4.61. The summed E-state index contributed by atoms with van der Waals surface area (Å²) in [6, 6.07) is 17.1. The van der Waals surface area contributed by atoms with Gasteiger partial charge in [-0.2, -0.15) is 0 Å². The minimum Gasteiger partial charge on any atom is -0.508 e. The molecule has 0 heterocycles. The zero-order valence-electron chi connectivity index (χ0n) is 10.2. The summed E-state index contributed by atoms with van der Waals surface area (Å²) in [5.41, 5.74) is 0.900. The molecule has 0 aliphatic rings. The smallest absolute Gasteiger partial charge is 0.120 e. The first-order chi connectivity index (χ1) is 8.86. The number of para-hydroxylation sites is 2. The Hall–Kier alpha value is -2.00.